The number of rotatable bonds is 5. The second-order valence-electron chi connectivity index (χ2n) is 5.21. The van der Waals surface area contributed by atoms with E-state index >= 15 is 0 Å². The number of carbonyl (C=O) groups is 2. The van der Waals surface area contributed by atoms with Gasteiger partial charge in [0.1, 0.15) is 0 Å². The molecule has 1 aliphatic heterocycles. The maximum atomic E-state index is 11.7. The fraction of sp³-hybridized carbons (Fsp3) is 0.467. The summed E-state index contributed by atoms with van der Waals surface area (Å²) < 4.78 is 5.35. The summed E-state index contributed by atoms with van der Waals surface area (Å²) in [7, 11) is 0. The lowest BCUT2D eigenvalue weighted by molar-refractivity contribution is -0.120. The van der Waals surface area contributed by atoms with E-state index in [0.29, 0.717) is 29.8 Å². The maximum absolute atomic E-state index is 11.7. The van der Waals surface area contributed by atoms with E-state index in [1.807, 2.05) is 0 Å². The van der Waals surface area contributed by atoms with Crippen LogP contribution in [0.25, 0.3) is 0 Å². The van der Waals surface area contributed by atoms with Gasteiger partial charge in [0.05, 0.1) is 13.2 Å². The Morgan fingerprint density at radius 3 is 2.91 bits per heavy atom. The van der Waals surface area contributed by atoms with E-state index in [1.165, 1.54) is 0 Å². The highest BCUT2D eigenvalue weighted by Crippen LogP contribution is 2.14. The zero-order valence-electron chi connectivity index (χ0n) is 12.2. The molecule has 1 heterocycles. The van der Waals surface area contributed by atoms with E-state index in [9.17, 15) is 9.59 Å². The van der Waals surface area contributed by atoms with Crippen molar-refractivity contribution in [1.29, 1.82) is 0 Å². The van der Waals surface area contributed by atoms with E-state index in [4.69, 9.17) is 16.3 Å². The molecule has 1 fully saturated rings. The van der Waals surface area contributed by atoms with Gasteiger partial charge in [-0.3, -0.25) is 4.79 Å². The van der Waals surface area contributed by atoms with Gasteiger partial charge >= 0.3 is 6.03 Å². The molecule has 1 aliphatic rings. The van der Waals surface area contributed by atoms with Crippen molar-refractivity contribution in [3.63, 3.8) is 0 Å². The average molecular weight is 326 g/mol. The van der Waals surface area contributed by atoms with Crippen molar-refractivity contribution in [2.24, 2.45) is 5.92 Å². The predicted octanol–water partition coefficient (Wildman–Crippen LogP) is 2.00. The van der Waals surface area contributed by atoms with Crippen molar-refractivity contribution in [2.75, 3.05) is 31.6 Å². The molecule has 1 saturated heterocycles. The minimum atomic E-state index is -0.446. The monoisotopic (exact) mass is 325 g/mol. The topological polar surface area (TPSA) is 79.5 Å². The average Bonchev–Trinajstić information content (AvgIpc) is 2.52. The molecule has 0 spiro atoms. The third-order valence-electron chi connectivity index (χ3n) is 3.33. The molecule has 0 unspecified atom stereocenters. The standard InChI is InChI=1S/C15H20ClN3O3/c16-12-4-1-5-13(7-12)19-15(21)18-9-14(20)17-8-11-3-2-6-22-10-11/h1,4-5,7,11H,2-3,6,8-10H2,(H,17,20)(H2,18,19,21)/t11-/m1/s1. The summed E-state index contributed by atoms with van der Waals surface area (Å²) in [6.07, 6.45) is 2.09. The van der Waals surface area contributed by atoms with Gasteiger partial charge in [0.2, 0.25) is 5.91 Å². The molecule has 7 heteroatoms. The summed E-state index contributed by atoms with van der Waals surface area (Å²) in [6.45, 7) is 2.00. The number of ether oxygens (including phenoxy) is 1. The Kier molecular flexibility index (Phi) is 6.48. The summed E-state index contributed by atoms with van der Waals surface area (Å²) in [4.78, 5) is 23.3. The fourth-order valence-electron chi connectivity index (χ4n) is 2.19. The van der Waals surface area contributed by atoms with Crippen LogP contribution >= 0.6 is 11.6 Å². The van der Waals surface area contributed by atoms with Crippen LogP contribution in [0.3, 0.4) is 0 Å². The maximum Gasteiger partial charge on any atom is 0.319 e. The number of anilines is 1. The molecule has 0 aromatic heterocycles. The SMILES string of the molecule is O=C(CNC(=O)Nc1cccc(Cl)c1)NC[C@H]1CCCOC1. The molecule has 3 N–H and O–H groups in total. The Morgan fingerprint density at radius 2 is 2.18 bits per heavy atom. The highest BCUT2D eigenvalue weighted by Gasteiger charge is 2.14. The van der Waals surface area contributed by atoms with Crippen LogP contribution < -0.4 is 16.0 Å². The number of hydrogen-bond donors (Lipinski definition) is 3. The number of carbonyl (C=O) groups excluding carboxylic acids is 2. The summed E-state index contributed by atoms with van der Waals surface area (Å²) in [6, 6.07) is 6.35. The first-order valence-electron chi connectivity index (χ1n) is 7.28. The first kappa shape index (κ1) is 16.6. The highest BCUT2D eigenvalue weighted by molar-refractivity contribution is 6.30. The van der Waals surface area contributed by atoms with Crippen molar-refractivity contribution in [2.45, 2.75) is 12.8 Å². The van der Waals surface area contributed by atoms with E-state index in [2.05, 4.69) is 16.0 Å². The molecule has 120 valence electrons. The number of halogens is 1. The zero-order chi connectivity index (χ0) is 15.8. The molecule has 0 aliphatic carbocycles. The normalized spacial score (nSPS) is 17.6. The van der Waals surface area contributed by atoms with Crippen molar-refractivity contribution < 1.29 is 14.3 Å². The van der Waals surface area contributed by atoms with Gasteiger partial charge in [-0.25, -0.2) is 4.79 Å². The van der Waals surface area contributed by atoms with Crippen LogP contribution in [0.15, 0.2) is 24.3 Å². The third kappa shape index (κ3) is 5.91. The summed E-state index contributed by atoms with van der Waals surface area (Å²) in [5, 5.41) is 8.44. The molecule has 1 atom stereocenters. The van der Waals surface area contributed by atoms with Crippen LogP contribution in [0.2, 0.25) is 5.02 Å². The number of hydrogen-bond acceptors (Lipinski definition) is 3. The van der Waals surface area contributed by atoms with Crippen LogP contribution in [-0.2, 0) is 9.53 Å². The summed E-state index contributed by atoms with van der Waals surface area (Å²) in [5.41, 5.74) is 0.574. The molecule has 0 radical (unpaired) electrons. The number of urea groups is 1. The Hall–Kier alpha value is -1.79. The molecule has 1 aromatic carbocycles. The molecule has 6 nitrogen and oxygen atoms in total. The first-order valence-corrected chi connectivity index (χ1v) is 7.66. The highest BCUT2D eigenvalue weighted by atomic mass is 35.5. The molecule has 0 bridgehead atoms. The van der Waals surface area contributed by atoms with Crippen molar-refractivity contribution in [1.82, 2.24) is 10.6 Å². The van der Waals surface area contributed by atoms with Gasteiger partial charge in [0.25, 0.3) is 0 Å². The molecular weight excluding hydrogens is 306 g/mol. The van der Waals surface area contributed by atoms with E-state index in [-0.39, 0.29) is 12.5 Å². The largest absolute Gasteiger partial charge is 0.381 e. The van der Waals surface area contributed by atoms with Crippen LogP contribution in [0.4, 0.5) is 10.5 Å². The second kappa shape index (κ2) is 8.60. The molecule has 1 aromatic rings. The second-order valence-corrected chi connectivity index (χ2v) is 5.64. The summed E-state index contributed by atoms with van der Waals surface area (Å²) in [5.74, 6) is 0.143. The Balaban J connectivity index is 1.64. The lowest BCUT2D eigenvalue weighted by atomic mass is 10.0. The van der Waals surface area contributed by atoms with Gasteiger partial charge in [0, 0.05) is 23.9 Å². The summed E-state index contributed by atoms with van der Waals surface area (Å²) >= 11 is 5.82. The van der Waals surface area contributed by atoms with Gasteiger partial charge in [-0.2, -0.15) is 0 Å². The van der Waals surface area contributed by atoms with Gasteiger partial charge < -0.3 is 20.7 Å². The minimum absolute atomic E-state index is 0.0695. The number of amides is 3. The number of benzene rings is 1. The Labute approximate surface area is 134 Å². The molecule has 3 amide bonds. The third-order valence-corrected chi connectivity index (χ3v) is 3.57. The van der Waals surface area contributed by atoms with Crippen molar-refractivity contribution >= 4 is 29.2 Å². The lowest BCUT2D eigenvalue weighted by Crippen LogP contribution is -2.41. The van der Waals surface area contributed by atoms with Gasteiger partial charge in [-0.15, -0.1) is 0 Å². The fourth-order valence-corrected chi connectivity index (χ4v) is 2.38. The van der Waals surface area contributed by atoms with Crippen LogP contribution in [-0.4, -0.2) is 38.2 Å². The van der Waals surface area contributed by atoms with Gasteiger partial charge in [0.15, 0.2) is 0 Å². The lowest BCUT2D eigenvalue weighted by Gasteiger charge is -2.22. The van der Waals surface area contributed by atoms with E-state index < -0.39 is 6.03 Å². The van der Waals surface area contributed by atoms with E-state index in [1.54, 1.807) is 24.3 Å². The molecule has 0 saturated carbocycles. The van der Waals surface area contributed by atoms with Gasteiger partial charge in [-0.05, 0) is 37.0 Å². The zero-order valence-corrected chi connectivity index (χ0v) is 13.0. The molecular formula is C15H20ClN3O3. The Morgan fingerprint density at radius 1 is 1.32 bits per heavy atom. The van der Waals surface area contributed by atoms with Crippen molar-refractivity contribution in [3.05, 3.63) is 29.3 Å². The molecule has 2 rings (SSSR count). The molecule has 22 heavy (non-hydrogen) atoms. The first-order chi connectivity index (χ1) is 10.6. The quantitative estimate of drug-likeness (QED) is 0.774. The number of nitrogens with one attached hydrogen (secondary N) is 3. The van der Waals surface area contributed by atoms with E-state index in [0.717, 1.165) is 19.4 Å². The van der Waals surface area contributed by atoms with Crippen molar-refractivity contribution in [3.8, 4) is 0 Å². The van der Waals surface area contributed by atoms with Crippen LogP contribution in [0.5, 0.6) is 0 Å². The predicted molar refractivity (Wildman–Crippen MR) is 85.0 cm³/mol. The Bertz CT molecular complexity index is 519. The van der Waals surface area contributed by atoms with Crippen LogP contribution in [0, 0.1) is 5.92 Å². The smallest absolute Gasteiger partial charge is 0.319 e. The van der Waals surface area contributed by atoms with Crippen LogP contribution in [0.1, 0.15) is 12.8 Å². The van der Waals surface area contributed by atoms with Gasteiger partial charge in [-0.1, -0.05) is 17.7 Å². The minimum Gasteiger partial charge on any atom is -0.381 e.